The van der Waals surface area contributed by atoms with Crippen LogP contribution in [-0.2, 0) is 4.74 Å². The number of esters is 1. The normalized spacial score (nSPS) is 10.5. The predicted octanol–water partition coefficient (Wildman–Crippen LogP) is 4.02. The molecule has 116 valence electrons. The monoisotopic (exact) mass is 306 g/mol. The zero-order valence-corrected chi connectivity index (χ0v) is 13.2. The first-order valence-corrected chi connectivity index (χ1v) is 7.57. The van der Waals surface area contributed by atoms with E-state index in [0.717, 1.165) is 22.6 Å². The molecule has 3 rings (SSSR count). The van der Waals surface area contributed by atoms with Gasteiger partial charge in [-0.25, -0.2) is 4.79 Å². The minimum atomic E-state index is -0.301. The van der Waals surface area contributed by atoms with Crippen LogP contribution in [0.5, 0.6) is 0 Å². The van der Waals surface area contributed by atoms with Crippen LogP contribution in [0, 0.1) is 6.92 Å². The van der Waals surface area contributed by atoms with E-state index in [9.17, 15) is 4.79 Å². The third kappa shape index (κ3) is 2.88. The summed E-state index contributed by atoms with van der Waals surface area (Å²) >= 11 is 0. The number of carbonyl (C=O) groups is 1. The molecule has 0 N–H and O–H groups in total. The highest BCUT2D eigenvalue weighted by atomic mass is 16.5. The number of aromatic nitrogens is 2. The Kier molecular flexibility index (Phi) is 4.24. The first-order valence-electron chi connectivity index (χ1n) is 7.57. The summed E-state index contributed by atoms with van der Waals surface area (Å²) in [7, 11) is 0. The lowest BCUT2D eigenvalue weighted by atomic mass is 10.1. The number of ether oxygens (including phenoxy) is 1. The Morgan fingerprint density at radius 3 is 2.61 bits per heavy atom. The maximum absolute atomic E-state index is 12.2. The van der Waals surface area contributed by atoms with Crippen molar-refractivity contribution in [3.8, 4) is 16.9 Å². The number of carbonyl (C=O) groups excluding carboxylic acids is 1. The SMILES string of the molecule is CCOC(=O)c1cc(-c2ccccc2)n(-c2cccnc2)c1C. The molecule has 0 saturated heterocycles. The third-order valence-electron chi connectivity index (χ3n) is 3.72. The lowest BCUT2D eigenvalue weighted by Gasteiger charge is -2.11. The van der Waals surface area contributed by atoms with Crippen molar-refractivity contribution >= 4 is 5.97 Å². The Labute approximate surface area is 135 Å². The van der Waals surface area contributed by atoms with Crippen molar-refractivity contribution in [2.45, 2.75) is 13.8 Å². The van der Waals surface area contributed by atoms with E-state index in [2.05, 4.69) is 4.98 Å². The molecule has 0 spiro atoms. The minimum absolute atomic E-state index is 0.301. The molecule has 1 aromatic carbocycles. The van der Waals surface area contributed by atoms with Gasteiger partial charge in [0.15, 0.2) is 0 Å². The highest BCUT2D eigenvalue weighted by molar-refractivity contribution is 5.93. The molecule has 0 radical (unpaired) electrons. The highest BCUT2D eigenvalue weighted by Gasteiger charge is 2.20. The average molecular weight is 306 g/mol. The van der Waals surface area contributed by atoms with E-state index in [4.69, 9.17) is 4.74 Å². The van der Waals surface area contributed by atoms with E-state index in [0.29, 0.717) is 12.2 Å². The largest absolute Gasteiger partial charge is 0.462 e. The molecular weight excluding hydrogens is 288 g/mol. The number of nitrogens with zero attached hydrogens (tertiary/aromatic N) is 2. The lowest BCUT2D eigenvalue weighted by molar-refractivity contribution is 0.0525. The smallest absolute Gasteiger partial charge is 0.339 e. The number of rotatable bonds is 4. The molecular formula is C19H18N2O2. The first kappa shape index (κ1) is 15.0. The Morgan fingerprint density at radius 2 is 1.96 bits per heavy atom. The van der Waals surface area contributed by atoms with Crippen molar-refractivity contribution in [3.63, 3.8) is 0 Å². The van der Waals surface area contributed by atoms with E-state index < -0.39 is 0 Å². The van der Waals surface area contributed by atoms with Crippen LogP contribution in [0.4, 0.5) is 0 Å². The second kappa shape index (κ2) is 6.48. The predicted molar refractivity (Wildman–Crippen MR) is 89.7 cm³/mol. The Bertz CT molecular complexity index is 808. The molecule has 3 aromatic rings. The molecule has 2 aromatic heterocycles. The summed E-state index contributed by atoms with van der Waals surface area (Å²) in [6.07, 6.45) is 3.52. The maximum Gasteiger partial charge on any atom is 0.339 e. The van der Waals surface area contributed by atoms with Crippen LogP contribution in [0.3, 0.4) is 0 Å². The molecule has 2 heterocycles. The van der Waals surface area contributed by atoms with Gasteiger partial charge in [-0.2, -0.15) is 0 Å². The van der Waals surface area contributed by atoms with Gasteiger partial charge in [-0.3, -0.25) is 4.98 Å². The summed E-state index contributed by atoms with van der Waals surface area (Å²) in [6.45, 7) is 4.09. The number of benzene rings is 1. The summed E-state index contributed by atoms with van der Waals surface area (Å²) in [6, 6.07) is 15.7. The van der Waals surface area contributed by atoms with Crippen molar-refractivity contribution in [1.29, 1.82) is 0 Å². The molecule has 0 aliphatic heterocycles. The Balaban J connectivity index is 2.21. The van der Waals surface area contributed by atoms with Gasteiger partial charge in [0.05, 0.1) is 29.7 Å². The molecule has 4 nitrogen and oxygen atoms in total. The fourth-order valence-corrected chi connectivity index (χ4v) is 2.66. The van der Waals surface area contributed by atoms with Crippen LogP contribution in [0.15, 0.2) is 60.9 Å². The molecule has 0 unspecified atom stereocenters. The molecule has 0 bridgehead atoms. The van der Waals surface area contributed by atoms with E-state index in [1.807, 2.05) is 66.9 Å². The van der Waals surface area contributed by atoms with Crippen LogP contribution < -0.4 is 0 Å². The zero-order valence-electron chi connectivity index (χ0n) is 13.2. The standard InChI is InChI=1S/C19H18N2O2/c1-3-23-19(22)17-12-18(15-8-5-4-6-9-15)21(14(17)2)16-10-7-11-20-13-16/h4-13H,3H2,1-2H3. The number of hydrogen-bond donors (Lipinski definition) is 0. The minimum Gasteiger partial charge on any atom is -0.462 e. The number of pyridine rings is 1. The summed E-state index contributed by atoms with van der Waals surface area (Å²) in [4.78, 5) is 16.4. The summed E-state index contributed by atoms with van der Waals surface area (Å²) in [5.41, 5.74) is 4.32. The van der Waals surface area contributed by atoms with Gasteiger partial charge in [0.2, 0.25) is 0 Å². The van der Waals surface area contributed by atoms with Gasteiger partial charge in [-0.1, -0.05) is 30.3 Å². The van der Waals surface area contributed by atoms with Gasteiger partial charge < -0.3 is 9.30 Å². The van der Waals surface area contributed by atoms with Gasteiger partial charge in [-0.15, -0.1) is 0 Å². The van der Waals surface area contributed by atoms with Crippen LogP contribution in [0.25, 0.3) is 16.9 Å². The van der Waals surface area contributed by atoms with Gasteiger partial charge in [0.25, 0.3) is 0 Å². The van der Waals surface area contributed by atoms with Crippen molar-refractivity contribution in [1.82, 2.24) is 9.55 Å². The topological polar surface area (TPSA) is 44.1 Å². The molecule has 0 aliphatic carbocycles. The van der Waals surface area contributed by atoms with Crippen molar-refractivity contribution in [2.24, 2.45) is 0 Å². The molecule has 0 atom stereocenters. The third-order valence-corrected chi connectivity index (χ3v) is 3.72. The van der Waals surface area contributed by atoms with Crippen LogP contribution in [0.1, 0.15) is 23.0 Å². The van der Waals surface area contributed by atoms with Crippen molar-refractivity contribution in [2.75, 3.05) is 6.61 Å². The van der Waals surface area contributed by atoms with Gasteiger partial charge in [0.1, 0.15) is 0 Å². The molecule has 0 amide bonds. The van der Waals surface area contributed by atoms with Gasteiger partial charge in [-0.05, 0) is 37.6 Å². The van der Waals surface area contributed by atoms with E-state index in [1.54, 1.807) is 12.4 Å². The second-order valence-electron chi connectivity index (χ2n) is 5.16. The van der Waals surface area contributed by atoms with Crippen molar-refractivity contribution in [3.05, 3.63) is 72.2 Å². The Hall–Kier alpha value is -2.88. The van der Waals surface area contributed by atoms with Crippen LogP contribution >= 0.6 is 0 Å². The quantitative estimate of drug-likeness (QED) is 0.684. The summed E-state index contributed by atoms with van der Waals surface area (Å²) < 4.78 is 7.22. The van der Waals surface area contributed by atoms with Gasteiger partial charge >= 0.3 is 5.97 Å². The summed E-state index contributed by atoms with van der Waals surface area (Å²) in [5.74, 6) is -0.301. The second-order valence-corrected chi connectivity index (χ2v) is 5.16. The molecule has 0 fully saturated rings. The first-order chi connectivity index (χ1) is 11.2. The Morgan fingerprint density at radius 1 is 1.17 bits per heavy atom. The van der Waals surface area contributed by atoms with Crippen LogP contribution in [0.2, 0.25) is 0 Å². The van der Waals surface area contributed by atoms with Crippen LogP contribution in [-0.4, -0.2) is 22.1 Å². The lowest BCUT2D eigenvalue weighted by Crippen LogP contribution is -2.07. The fourth-order valence-electron chi connectivity index (χ4n) is 2.66. The maximum atomic E-state index is 12.2. The average Bonchev–Trinajstić information content (AvgIpc) is 2.94. The summed E-state index contributed by atoms with van der Waals surface area (Å²) in [5, 5.41) is 0. The van der Waals surface area contributed by atoms with Crippen molar-refractivity contribution < 1.29 is 9.53 Å². The zero-order chi connectivity index (χ0) is 16.2. The fraction of sp³-hybridized carbons (Fsp3) is 0.158. The molecule has 0 saturated carbocycles. The molecule has 23 heavy (non-hydrogen) atoms. The molecule has 0 aliphatic rings. The van der Waals surface area contributed by atoms with E-state index in [1.165, 1.54) is 0 Å². The number of hydrogen-bond acceptors (Lipinski definition) is 3. The van der Waals surface area contributed by atoms with Gasteiger partial charge in [0, 0.05) is 11.9 Å². The van der Waals surface area contributed by atoms with E-state index >= 15 is 0 Å². The highest BCUT2D eigenvalue weighted by Crippen LogP contribution is 2.29. The van der Waals surface area contributed by atoms with E-state index in [-0.39, 0.29) is 5.97 Å². The molecule has 4 heteroatoms.